The molecule has 0 radical (unpaired) electrons. The number of carbonyl (C=O) groups is 2. The van der Waals surface area contributed by atoms with E-state index in [0.717, 1.165) is 40.6 Å². The zero-order chi connectivity index (χ0) is 25.6. The van der Waals surface area contributed by atoms with Crippen LogP contribution in [0.4, 0.5) is 5.82 Å². The summed E-state index contributed by atoms with van der Waals surface area (Å²) in [7, 11) is 3.00. The smallest absolute Gasteiger partial charge is 0.343 e. The SMILES string of the molecule is COC(=O)c1cn(C2CC2)c2c(C)c(-c3cnc(N(C)C(=O)c4ccccc4)c(C)c3)ccc2c1=O. The van der Waals surface area contributed by atoms with Crippen molar-refractivity contribution in [2.75, 3.05) is 19.1 Å². The lowest BCUT2D eigenvalue weighted by Crippen LogP contribution is -2.27. The zero-order valence-corrected chi connectivity index (χ0v) is 20.7. The number of aromatic nitrogens is 2. The molecule has 1 fully saturated rings. The maximum Gasteiger partial charge on any atom is 0.343 e. The molecule has 182 valence electrons. The van der Waals surface area contributed by atoms with Gasteiger partial charge in [0.15, 0.2) is 0 Å². The van der Waals surface area contributed by atoms with Gasteiger partial charge in [0.2, 0.25) is 5.43 Å². The van der Waals surface area contributed by atoms with Crippen molar-refractivity contribution < 1.29 is 14.3 Å². The molecule has 1 amide bonds. The summed E-state index contributed by atoms with van der Waals surface area (Å²) in [4.78, 5) is 44.5. The maximum atomic E-state index is 13.1. The molecule has 36 heavy (non-hydrogen) atoms. The minimum Gasteiger partial charge on any atom is -0.465 e. The van der Waals surface area contributed by atoms with Crippen LogP contribution < -0.4 is 10.3 Å². The summed E-state index contributed by atoms with van der Waals surface area (Å²) in [6.07, 6.45) is 5.40. The highest BCUT2D eigenvalue weighted by Gasteiger charge is 2.28. The normalized spacial score (nSPS) is 13.0. The van der Waals surface area contributed by atoms with Crippen LogP contribution in [0.2, 0.25) is 0 Å². The number of pyridine rings is 2. The van der Waals surface area contributed by atoms with E-state index in [2.05, 4.69) is 4.98 Å². The third-order valence-corrected chi connectivity index (χ3v) is 6.80. The number of hydrogen-bond acceptors (Lipinski definition) is 5. The zero-order valence-electron chi connectivity index (χ0n) is 20.7. The van der Waals surface area contributed by atoms with Gasteiger partial charge in [-0.2, -0.15) is 0 Å². The molecule has 0 atom stereocenters. The van der Waals surface area contributed by atoms with E-state index in [1.54, 1.807) is 42.5 Å². The average Bonchev–Trinajstić information content (AvgIpc) is 3.74. The van der Waals surface area contributed by atoms with Crippen LogP contribution in [0.3, 0.4) is 0 Å². The number of nitrogens with zero attached hydrogens (tertiary/aromatic N) is 3. The number of methoxy groups -OCH3 is 1. The van der Waals surface area contributed by atoms with Crippen LogP contribution in [-0.4, -0.2) is 35.6 Å². The molecule has 0 bridgehead atoms. The van der Waals surface area contributed by atoms with Gasteiger partial charge in [-0.15, -0.1) is 0 Å². The number of ether oxygens (including phenoxy) is 1. The van der Waals surface area contributed by atoms with Crippen molar-refractivity contribution in [3.8, 4) is 11.1 Å². The Balaban J connectivity index is 1.58. The van der Waals surface area contributed by atoms with E-state index in [4.69, 9.17) is 4.74 Å². The quantitative estimate of drug-likeness (QED) is 0.372. The molecule has 7 heteroatoms. The number of fused-ring (bicyclic) bond motifs is 1. The minimum absolute atomic E-state index is 0.0528. The molecule has 1 aliphatic carbocycles. The lowest BCUT2D eigenvalue weighted by molar-refractivity contribution is 0.0598. The third-order valence-electron chi connectivity index (χ3n) is 6.80. The molecule has 5 rings (SSSR count). The predicted molar refractivity (Wildman–Crippen MR) is 140 cm³/mol. The standard InChI is InChI=1S/C29H27N3O4/c1-17-14-20(15-30-27(17)31(3)28(34)19-8-6-5-7-9-19)22-12-13-23-25(18(22)2)32(21-10-11-21)16-24(26(23)33)29(35)36-4/h5-9,12-16,21H,10-11H2,1-4H3. The van der Waals surface area contributed by atoms with Crippen molar-refractivity contribution in [3.05, 3.63) is 93.4 Å². The van der Waals surface area contributed by atoms with Gasteiger partial charge in [-0.3, -0.25) is 14.5 Å². The van der Waals surface area contributed by atoms with Crippen molar-refractivity contribution in [2.24, 2.45) is 0 Å². The number of aryl methyl sites for hydroxylation is 2. The van der Waals surface area contributed by atoms with Gasteiger partial charge in [0, 0.05) is 42.0 Å². The lowest BCUT2D eigenvalue weighted by Gasteiger charge is -2.20. The molecule has 0 unspecified atom stereocenters. The van der Waals surface area contributed by atoms with Gasteiger partial charge in [-0.25, -0.2) is 9.78 Å². The number of esters is 1. The highest BCUT2D eigenvalue weighted by Crippen LogP contribution is 2.39. The Labute approximate surface area is 209 Å². The van der Waals surface area contributed by atoms with Gasteiger partial charge in [-0.1, -0.05) is 24.3 Å². The van der Waals surface area contributed by atoms with E-state index in [0.29, 0.717) is 16.8 Å². The second-order valence-corrected chi connectivity index (χ2v) is 9.23. The first kappa shape index (κ1) is 23.5. The molecule has 2 aromatic heterocycles. The van der Waals surface area contributed by atoms with Crippen molar-refractivity contribution in [2.45, 2.75) is 32.7 Å². The van der Waals surface area contributed by atoms with Crippen molar-refractivity contribution in [1.29, 1.82) is 0 Å². The van der Waals surface area contributed by atoms with Crippen LogP contribution in [0.1, 0.15) is 50.7 Å². The molecule has 1 aliphatic rings. The van der Waals surface area contributed by atoms with Crippen LogP contribution in [-0.2, 0) is 4.74 Å². The Morgan fingerprint density at radius 3 is 2.44 bits per heavy atom. The summed E-state index contributed by atoms with van der Waals surface area (Å²) >= 11 is 0. The molecular formula is C29H27N3O4. The number of amides is 1. The summed E-state index contributed by atoms with van der Waals surface area (Å²) in [6, 6.07) is 15.0. The molecular weight excluding hydrogens is 454 g/mol. The molecule has 7 nitrogen and oxygen atoms in total. The number of anilines is 1. The number of benzene rings is 2. The van der Waals surface area contributed by atoms with Gasteiger partial charge in [0.25, 0.3) is 5.91 Å². The monoisotopic (exact) mass is 481 g/mol. The number of carbonyl (C=O) groups excluding carboxylic acids is 2. The molecule has 0 spiro atoms. The van der Waals surface area contributed by atoms with E-state index < -0.39 is 5.97 Å². The van der Waals surface area contributed by atoms with Gasteiger partial charge < -0.3 is 9.30 Å². The fourth-order valence-electron chi connectivity index (χ4n) is 4.77. The molecule has 0 aliphatic heterocycles. The third kappa shape index (κ3) is 3.96. The van der Waals surface area contributed by atoms with Crippen LogP contribution >= 0.6 is 0 Å². The number of hydrogen-bond donors (Lipinski definition) is 0. The van der Waals surface area contributed by atoms with Crippen molar-refractivity contribution in [3.63, 3.8) is 0 Å². The summed E-state index contributed by atoms with van der Waals surface area (Å²) in [5.41, 5.74) is 4.79. The summed E-state index contributed by atoms with van der Waals surface area (Å²) in [5, 5.41) is 0.501. The molecule has 4 aromatic rings. The fraction of sp³-hybridized carbons (Fsp3) is 0.241. The Morgan fingerprint density at radius 2 is 1.81 bits per heavy atom. The van der Waals surface area contributed by atoms with Gasteiger partial charge in [-0.05, 0) is 67.6 Å². The molecule has 1 saturated carbocycles. The molecule has 2 heterocycles. The number of rotatable bonds is 5. The second kappa shape index (κ2) is 9.07. The highest BCUT2D eigenvalue weighted by molar-refractivity contribution is 6.05. The van der Waals surface area contributed by atoms with Gasteiger partial charge >= 0.3 is 5.97 Å². The first-order valence-corrected chi connectivity index (χ1v) is 11.9. The largest absolute Gasteiger partial charge is 0.465 e. The fourth-order valence-corrected chi connectivity index (χ4v) is 4.77. The van der Waals surface area contributed by atoms with Crippen LogP contribution in [0.25, 0.3) is 22.0 Å². The first-order valence-electron chi connectivity index (χ1n) is 11.9. The van der Waals surface area contributed by atoms with E-state index in [-0.39, 0.29) is 22.9 Å². The first-order chi connectivity index (χ1) is 17.3. The molecule has 2 aromatic carbocycles. The van der Waals surface area contributed by atoms with Crippen molar-refractivity contribution in [1.82, 2.24) is 9.55 Å². The van der Waals surface area contributed by atoms with Gasteiger partial charge in [0.05, 0.1) is 12.6 Å². The summed E-state index contributed by atoms with van der Waals surface area (Å²) in [5.74, 6) is -0.165. The van der Waals surface area contributed by atoms with Crippen LogP contribution in [0.15, 0.2) is 65.7 Å². The van der Waals surface area contributed by atoms with E-state index >= 15 is 0 Å². The Morgan fingerprint density at radius 1 is 1.08 bits per heavy atom. The van der Waals surface area contributed by atoms with Crippen molar-refractivity contribution >= 4 is 28.6 Å². The van der Waals surface area contributed by atoms with E-state index in [1.165, 1.54) is 7.11 Å². The Hall–Kier alpha value is -4.26. The average molecular weight is 482 g/mol. The summed E-state index contributed by atoms with van der Waals surface area (Å²) < 4.78 is 6.89. The second-order valence-electron chi connectivity index (χ2n) is 9.23. The highest BCUT2D eigenvalue weighted by atomic mass is 16.5. The van der Waals surface area contributed by atoms with Gasteiger partial charge in [0.1, 0.15) is 11.4 Å². The Kier molecular flexibility index (Phi) is 5.92. The van der Waals surface area contributed by atoms with Crippen LogP contribution in [0.5, 0.6) is 0 Å². The molecule has 0 N–H and O–H groups in total. The Bertz CT molecular complexity index is 1570. The van der Waals surface area contributed by atoms with E-state index in [9.17, 15) is 14.4 Å². The minimum atomic E-state index is -0.623. The topological polar surface area (TPSA) is 81.5 Å². The predicted octanol–water partition coefficient (Wildman–Crippen LogP) is 5.08. The van der Waals surface area contributed by atoms with Crippen LogP contribution in [0, 0.1) is 13.8 Å². The lowest BCUT2D eigenvalue weighted by atomic mass is 9.96. The molecule has 0 saturated heterocycles. The maximum absolute atomic E-state index is 13.1. The van der Waals surface area contributed by atoms with E-state index in [1.807, 2.05) is 48.7 Å². The summed E-state index contributed by atoms with van der Waals surface area (Å²) in [6.45, 7) is 3.92.